The van der Waals surface area contributed by atoms with E-state index in [4.69, 9.17) is 0 Å². The maximum Gasteiger partial charge on any atom is 0.261 e. The highest BCUT2D eigenvalue weighted by molar-refractivity contribution is 7.88. The molecule has 0 aromatic carbocycles. The summed E-state index contributed by atoms with van der Waals surface area (Å²) in [6.45, 7) is -0.315. The van der Waals surface area contributed by atoms with Crippen molar-refractivity contribution in [3.8, 4) is 0 Å². The molecule has 0 spiro atoms. The van der Waals surface area contributed by atoms with E-state index >= 15 is 0 Å². The SMILES string of the molecule is CN(CC(=O)N=C1C=CC2C(=C1)NC(=O)C1=C2CCC1)S(C)(=O)=O. The number of hydrogen-bond acceptors (Lipinski definition) is 4. The van der Waals surface area contributed by atoms with Crippen LogP contribution < -0.4 is 5.32 Å². The molecule has 0 aromatic heterocycles. The van der Waals surface area contributed by atoms with E-state index in [1.54, 1.807) is 12.2 Å². The third kappa shape index (κ3) is 3.25. The summed E-state index contributed by atoms with van der Waals surface area (Å²) in [6.07, 6.45) is 9.12. The second-order valence-electron chi connectivity index (χ2n) is 6.20. The Labute approximate surface area is 140 Å². The van der Waals surface area contributed by atoms with E-state index in [0.29, 0.717) is 5.71 Å². The number of nitrogens with one attached hydrogen (secondary N) is 1. The lowest BCUT2D eigenvalue weighted by atomic mass is 9.85. The van der Waals surface area contributed by atoms with Crippen LogP contribution in [0, 0.1) is 5.92 Å². The quantitative estimate of drug-likeness (QED) is 0.804. The van der Waals surface area contributed by atoms with Crippen molar-refractivity contribution < 1.29 is 18.0 Å². The summed E-state index contributed by atoms with van der Waals surface area (Å²) >= 11 is 0. The molecule has 128 valence electrons. The molecule has 2 amide bonds. The fraction of sp³-hybridized carbons (Fsp3) is 0.438. The van der Waals surface area contributed by atoms with Gasteiger partial charge < -0.3 is 5.32 Å². The van der Waals surface area contributed by atoms with Gasteiger partial charge in [0.1, 0.15) is 0 Å². The fourth-order valence-corrected chi connectivity index (χ4v) is 3.49. The first-order valence-electron chi connectivity index (χ1n) is 7.71. The summed E-state index contributed by atoms with van der Waals surface area (Å²) in [4.78, 5) is 28.0. The van der Waals surface area contributed by atoms with Crippen LogP contribution in [0.3, 0.4) is 0 Å². The van der Waals surface area contributed by atoms with Crippen LogP contribution in [0.15, 0.2) is 40.1 Å². The molecule has 3 rings (SSSR count). The van der Waals surface area contributed by atoms with E-state index in [1.807, 2.05) is 6.08 Å². The van der Waals surface area contributed by atoms with Crippen molar-refractivity contribution in [3.63, 3.8) is 0 Å². The first-order chi connectivity index (χ1) is 11.3. The zero-order valence-electron chi connectivity index (χ0n) is 13.6. The van der Waals surface area contributed by atoms with E-state index in [-0.39, 0.29) is 18.4 Å². The molecule has 1 heterocycles. The van der Waals surface area contributed by atoms with Crippen molar-refractivity contribution >= 4 is 27.5 Å². The van der Waals surface area contributed by atoms with Crippen molar-refractivity contribution in [2.45, 2.75) is 19.3 Å². The third-order valence-corrected chi connectivity index (χ3v) is 5.71. The van der Waals surface area contributed by atoms with Crippen molar-refractivity contribution in [1.82, 2.24) is 9.62 Å². The topological polar surface area (TPSA) is 95.9 Å². The number of rotatable bonds is 3. The molecule has 0 fully saturated rings. The van der Waals surface area contributed by atoms with Gasteiger partial charge in [-0.1, -0.05) is 6.08 Å². The molecular formula is C16H19N3O4S. The predicted octanol–water partition coefficient (Wildman–Crippen LogP) is 0.526. The van der Waals surface area contributed by atoms with E-state index in [0.717, 1.165) is 46.7 Å². The molecule has 0 saturated carbocycles. The fourth-order valence-electron chi connectivity index (χ4n) is 3.15. The number of aliphatic imine (C=N–C) groups is 1. The zero-order chi connectivity index (χ0) is 17.5. The molecule has 0 bridgehead atoms. The predicted molar refractivity (Wildman–Crippen MR) is 89.6 cm³/mol. The average Bonchev–Trinajstić information content (AvgIpc) is 2.96. The summed E-state index contributed by atoms with van der Waals surface area (Å²) < 4.78 is 23.6. The van der Waals surface area contributed by atoms with Gasteiger partial charge in [-0.05, 0) is 37.0 Å². The Morgan fingerprint density at radius 3 is 2.88 bits per heavy atom. The van der Waals surface area contributed by atoms with Crippen molar-refractivity contribution in [2.75, 3.05) is 19.8 Å². The highest BCUT2D eigenvalue weighted by Gasteiger charge is 2.34. The summed E-state index contributed by atoms with van der Waals surface area (Å²) in [5, 5.41) is 2.87. The van der Waals surface area contributed by atoms with Crippen LogP contribution in [-0.2, 0) is 19.6 Å². The van der Waals surface area contributed by atoms with Crippen LogP contribution in [0.2, 0.25) is 0 Å². The lowest BCUT2D eigenvalue weighted by Crippen LogP contribution is -2.35. The van der Waals surface area contributed by atoms with Crippen LogP contribution >= 0.6 is 0 Å². The number of carbonyl (C=O) groups excluding carboxylic acids is 2. The first-order valence-corrected chi connectivity index (χ1v) is 9.56. The van der Waals surface area contributed by atoms with Crippen LogP contribution in [0.25, 0.3) is 0 Å². The van der Waals surface area contributed by atoms with Gasteiger partial charge in [-0.3, -0.25) is 9.59 Å². The molecule has 1 N–H and O–H groups in total. The Hall–Kier alpha value is -2.06. The van der Waals surface area contributed by atoms with Gasteiger partial charge >= 0.3 is 0 Å². The van der Waals surface area contributed by atoms with Gasteiger partial charge in [-0.2, -0.15) is 4.31 Å². The summed E-state index contributed by atoms with van der Waals surface area (Å²) in [5.41, 5.74) is 3.18. The minimum absolute atomic E-state index is 0.0490. The van der Waals surface area contributed by atoms with Crippen LogP contribution in [0.5, 0.6) is 0 Å². The number of amides is 2. The lowest BCUT2D eigenvalue weighted by molar-refractivity contribution is -0.118. The molecule has 2 aliphatic carbocycles. The third-order valence-electron chi connectivity index (χ3n) is 4.44. The van der Waals surface area contributed by atoms with Crippen LogP contribution in [-0.4, -0.2) is 50.1 Å². The van der Waals surface area contributed by atoms with Crippen molar-refractivity contribution in [2.24, 2.45) is 10.9 Å². The molecule has 7 nitrogen and oxygen atoms in total. The highest BCUT2D eigenvalue weighted by atomic mass is 32.2. The number of hydrogen-bond donors (Lipinski definition) is 1. The number of likely N-dealkylation sites (N-methyl/N-ethyl adjacent to an activating group) is 1. The minimum Gasteiger partial charge on any atom is -0.325 e. The van der Waals surface area contributed by atoms with Gasteiger partial charge in [0.25, 0.3) is 11.8 Å². The summed E-state index contributed by atoms with van der Waals surface area (Å²) in [7, 11) is -2.10. The Morgan fingerprint density at radius 2 is 2.17 bits per heavy atom. The molecule has 1 atom stereocenters. The summed E-state index contributed by atoms with van der Waals surface area (Å²) in [6, 6.07) is 0. The van der Waals surface area contributed by atoms with Gasteiger partial charge in [0.15, 0.2) is 0 Å². The van der Waals surface area contributed by atoms with E-state index in [1.165, 1.54) is 7.05 Å². The standard InChI is InChI=1S/C16H19N3O4S/c1-19(24(2,22)23)9-15(20)17-10-6-7-12-11-4-3-5-13(11)16(21)18-14(12)8-10/h6-8,12H,3-5,9H2,1-2H3,(H,18,21). The number of fused-ring (bicyclic) bond motifs is 2. The van der Waals surface area contributed by atoms with Crippen LogP contribution in [0.4, 0.5) is 0 Å². The molecule has 1 aliphatic heterocycles. The average molecular weight is 349 g/mol. The Kier molecular flexibility index (Phi) is 4.27. The van der Waals surface area contributed by atoms with Gasteiger partial charge in [-0.15, -0.1) is 0 Å². The second kappa shape index (κ2) is 6.10. The summed E-state index contributed by atoms with van der Waals surface area (Å²) in [5.74, 6) is -0.573. The van der Waals surface area contributed by atoms with Gasteiger partial charge in [-0.25, -0.2) is 13.4 Å². The number of sulfonamides is 1. The van der Waals surface area contributed by atoms with Gasteiger partial charge in [0.05, 0.1) is 18.5 Å². The zero-order valence-corrected chi connectivity index (χ0v) is 14.4. The molecule has 0 aromatic rings. The smallest absolute Gasteiger partial charge is 0.261 e. The largest absolute Gasteiger partial charge is 0.325 e. The van der Waals surface area contributed by atoms with E-state index in [9.17, 15) is 18.0 Å². The monoisotopic (exact) mass is 349 g/mol. The second-order valence-corrected chi connectivity index (χ2v) is 8.29. The molecule has 0 radical (unpaired) electrons. The molecule has 3 aliphatic rings. The molecule has 0 saturated heterocycles. The first kappa shape index (κ1) is 16.8. The van der Waals surface area contributed by atoms with E-state index in [2.05, 4.69) is 10.3 Å². The maximum atomic E-state index is 12.1. The number of nitrogens with zero attached hydrogens (tertiary/aromatic N) is 2. The molecule has 8 heteroatoms. The van der Waals surface area contributed by atoms with Crippen molar-refractivity contribution in [1.29, 1.82) is 0 Å². The normalized spacial score (nSPS) is 24.8. The maximum absolute atomic E-state index is 12.1. The molecule has 1 unspecified atom stereocenters. The number of allylic oxidation sites excluding steroid dienone is 3. The highest BCUT2D eigenvalue weighted by Crippen LogP contribution is 2.39. The van der Waals surface area contributed by atoms with Gasteiger partial charge in [0.2, 0.25) is 10.0 Å². The Balaban J connectivity index is 1.78. The number of carbonyl (C=O) groups is 2. The Bertz CT molecular complexity index is 833. The van der Waals surface area contributed by atoms with Gasteiger partial charge in [0, 0.05) is 24.2 Å². The lowest BCUT2D eigenvalue weighted by Gasteiger charge is -2.28. The Morgan fingerprint density at radius 1 is 1.42 bits per heavy atom. The molecular weight excluding hydrogens is 330 g/mol. The minimum atomic E-state index is -3.43. The molecule has 24 heavy (non-hydrogen) atoms. The van der Waals surface area contributed by atoms with E-state index < -0.39 is 15.9 Å². The van der Waals surface area contributed by atoms with Crippen molar-refractivity contribution in [3.05, 3.63) is 35.1 Å². The van der Waals surface area contributed by atoms with Crippen LogP contribution in [0.1, 0.15) is 19.3 Å².